The summed E-state index contributed by atoms with van der Waals surface area (Å²) in [5, 5.41) is -0.0298. The van der Waals surface area contributed by atoms with E-state index in [0.717, 1.165) is 11.7 Å². The molecule has 13 heteroatoms. The first-order chi connectivity index (χ1) is 13.8. The molecular weight excluding hydrogens is 456 g/mol. The van der Waals surface area contributed by atoms with Crippen LogP contribution in [0.2, 0.25) is 0 Å². The number of aromatic nitrogens is 2. The molecule has 29 heavy (non-hydrogen) atoms. The third-order valence-corrected chi connectivity index (χ3v) is 10.8. The van der Waals surface area contributed by atoms with Crippen molar-refractivity contribution < 1.29 is 21.6 Å². The van der Waals surface area contributed by atoms with E-state index in [4.69, 9.17) is 0 Å². The van der Waals surface area contributed by atoms with Crippen LogP contribution in [0.1, 0.15) is 6.42 Å². The maximum atomic E-state index is 13.0. The van der Waals surface area contributed by atoms with E-state index in [2.05, 4.69) is 8.75 Å². The fourth-order valence-electron chi connectivity index (χ4n) is 3.48. The Kier molecular flexibility index (Phi) is 5.86. The van der Waals surface area contributed by atoms with Crippen LogP contribution < -0.4 is 0 Å². The highest BCUT2D eigenvalue weighted by atomic mass is 32.2. The van der Waals surface area contributed by atoms with E-state index < -0.39 is 19.9 Å². The van der Waals surface area contributed by atoms with Crippen molar-refractivity contribution in [3.63, 3.8) is 0 Å². The molecule has 158 valence electrons. The van der Waals surface area contributed by atoms with Crippen LogP contribution in [-0.2, 0) is 24.7 Å². The van der Waals surface area contributed by atoms with Crippen LogP contribution >= 0.6 is 23.5 Å². The molecule has 0 saturated carbocycles. The Labute approximate surface area is 177 Å². The first-order valence-corrected chi connectivity index (χ1v) is 14.1. The maximum Gasteiger partial charge on any atom is 0.245 e. The molecule has 2 fully saturated rings. The molecule has 9 nitrogen and oxygen atoms in total. The quantitative estimate of drug-likeness (QED) is 0.610. The Morgan fingerprint density at radius 2 is 1.97 bits per heavy atom. The highest BCUT2D eigenvalue weighted by Crippen LogP contribution is 2.26. The molecule has 0 aliphatic carbocycles. The van der Waals surface area contributed by atoms with Crippen LogP contribution in [0.15, 0.2) is 23.1 Å². The predicted molar refractivity (Wildman–Crippen MR) is 112 cm³/mol. The van der Waals surface area contributed by atoms with Gasteiger partial charge in [-0.3, -0.25) is 4.79 Å². The van der Waals surface area contributed by atoms with Crippen molar-refractivity contribution in [1.29, 1.82) is 0 Å². The molecule has 2 aliphatic heterocycles. The summed E-state index contributed by atoms with van der Waals surface area (Å²) in [5.41, 5.74) is 0.926. The van der Waals surface area contributed by atoms with Crippen molar-refractivity contribution in [3.05, 3.63) is 18.2 Å². The molecule has 2 aliphatic rings. The van der Waals surface area contributed by atoms with E-state index in [1.54, 1.807) is 17.0 Å². The van der Waals surface area contributed by atoms with E-state index in [-0.39, 0.29) is 46.4 Å². The van der Waals surface area contributed by atoms with Crippen molar-refractivity contribution in [1.82, 2.24) is 18.0 Å². The Bertz CT molecular complexity index is 1120. The number of carbonyl (C=O) groups is 1. The van der Waals surface area contributed by atoms with Crippen molar-refractivity contribution >= 4 is 60.3 Å². The van der Waals surface area contributed by atoms with E-state index >= 15 is 0 Å². The van der Waals surface area contributed by atoms with E-state index in [1.807, 2.05) is 0 Å². The second-order valence-corrected chi connectivity index (χ2v) is 13.0. The SMILES string of the molecule is O=C(CSC1CCS(=O)(=O)C1)N1CCN(S(=O)(=O)c2cccc3nsnc23)CC1. The summed E-state index contributed by atoms with van der Waals surface area (Å²) in [6.45, 7) is 1.05. The van der Waals surface area contributed by atoms with Crippen molar-refractivity contribution in [2.45, 2.75) is 16.6 Å². The van der Waals surface area contributed by atoms with Crippen LogP contribution in [0.3, 0.4) is 0 Å². The molecule has 4 rings (SSSR count). The number of hydrogen-bond acceptors (Lipinski definition) is 9. The van der Waals surface area contributed by atoms with Crippen LogP contribution in [0.25, 0.3) is 11.0 Å². The van der Waals surface area contributed by atoms with Gasteiger partial charge in [0.1, 0.15) is 15.9 Å². The monoisotopic (exact) mass is 476 g/mol. The van der Waals surface area contributed by atoms with Crippen molar-refractivity contribution in [2.75, 3.05) is 43.4 Å². The molecule has 1 amide bonds. The van der Waals surface area contributed by atoms with Gasteiger partial charge >= 0.3 is 0 Å². The van der Waals surface area contributed by atoms with Gasteiger partial charge in [-0.15, -0.1) is 11.8 Å². The summed E-state index contributed by atoms with van der Waals surface area (Å²) >= 11 is 2.35. The summed E-state index contributed by atoms with van der Waals surface area (Å²) in [5.74, 6) is 0.462. The summed E-state index contributed by atoms with van der Waals surface area (Å²) in [7, 11) is -6.68. The molecule has 3 heterocycles. The predicted octanol–water partition coefficient (Wildman–Crippen LogP) is 0.445. The topological polar surface area (TPSA) is 118 Å². The van der Waals surface area contributed by atoms with E-state index in [0.29, 0.717) is 30.5 Å². The number of carbonyl (C=O) groups excluding carboxylic acids is 1. The average molecular weight is 477 g/mol. The number of benzene rings is 1. The number of rotatable bonds is 5. The Morgan fingerprint density at radius 1 is 1.21 bits per heavy atom. The van der Waals surface area contributed by atoms with Crippen molar-refractivity contribution in [2.24, 2.45) is 0 Å². The zero-order valence-corrected chi connectivity index (χ0v) is 18.7. The Hall–Kier alpha value is -1.28. The molecule has 0 bridgehead atoms. The first-order valence-electron chi connectivity index (χ1n) is 9.07. The third-order valence-electron chi connectivity index (χ3n) is 5.09. The number of thioether (sulfide) groups is 1. The van der Waals surface area contributed by atoms with Crippen LogP contribution in [0.5, 0.6) is 0 Å². The minimum absolute atomic E-state index is 0.0298. The van der Waals surface area contributed by atoms with Crippen LogP contribution in [0.4, 0.5) is 0 Å². The molecule has 1 atom stereocenters. The molecule has 1 aromatic carbocycles. The van der Waals surface area contributed by atoms with Gasteiger partial charge in [0.2, 0.25) is 15.9 Å². The molecular formula is C16H20N4O5S4. The number of sulfonamides is 1. The van der Waals surface area contributed by atoms with Gasteiger partial charge in [0.05, 0.1) is 29.0 Å². The summed E-state index contributed by atoms with van der Waals surface area (Å²) < 4.78 is 58.7. The van der Waals surface area contributed by atoms with Gasteiger partial charge in [0, 0.05) is 31.4 Å². The fraction of sp³-hybridized carbons (Fsp3) is 0.562. The third kappa shape index (κ3) is 4.43. The first kappa shape index (κ1) is 21.0. The highest BCUT2D eigenvalue weighted by Gasteiger charge is 2.33. The van der Waals surface area contributed by atoms with Crippen LogP contribution in [-0.4, -0.2) is 89.4 Å². The molecule has 1 unspecified atom stereocenters. The number of hydrogen-bond donors (Lipinski definition) is 0. The van der Waals surface area contributed by atoms with Crippen molar-refractivity contribution in [3.8, 4) is 0 Å². The maximum absolute atomic E-state index is 13.0. The summed E-state index contributed by atoms with van der Waals surface area (Å²) in [4.78, 5) is 14.2. The molecule has 2 saturated heterocycles. The lowest BCUT2D eigenvalue weighted by Crippen LogP contribution is -2.51. The Morgan fingerprint density at radius 3 is 2.66 bits per heavy atom. The number of fused-ring (bicyclic) bond motifs is 1. The lowest BCUT2D eigenvalue weighted by molar-refractivity contribution is -0.129. The number of sulfone groups is 1. The standard InChI is InChI=1S/C16H20N4O5S4/c21-15(10-26-12-4-9-28(22,23)11-12)19-5-7-20(8-6-19)29(24,25)14-3-1-2-13-16(14)18-27-17-13/h1-3,12H,4-11H2. The van der Waals surface area contributed by atoms with Gasteiger partial charge in [-0.1, -0.05) is 6.07 Å². The molecule has 2 aromatic rings. The van der Waals surface area contributed by atoms with Gasteiger partial charge in [-0.05, 0) is 18.6 Å². The van der Waals surface area contributed by atoms with Gasteiger partial charge in [0.15, 0.2) is 9.84 Å². The normalized spacial score (nSPS) is 22.9. The minimum atomic E-state index is -3.72. The molecule has 0 N–H and O–H groups in total. The number of amides is 1. The van der Waals surface area contributed by atoms with Gasteiger partial charge in [-0.25, -0.2) is 16.8 Å². The molecule has 0 radical (unpaired) electrons. The number of piperazine rings is 1. The number of nitrogens with zero attached hydrogens (tertiary/aromatic N) is 4. The lowest BCUT2D eigenvalue weighted by Gasteiger charge is -2.34. The zero-order chi connectivity index (χ0) is 20.6. The second-order valence-electron chi connectivity index (χ2n) is 7.01. The summed E-state index contributed by atoms with van der Waals surface area (Å²) in [6, 6.07) is 4.90. The summed E-state index contributed by atoms with van der Waals surface area (Å²) in [6.07, 6.45) is 0.587. The highest BCUT2D eigenvalue weighted by molar-refractivity contribution is 8.02. The van der Waals surface area contributed by atoms with Gasteiger partial charge < -0.3 is 4.90 Å². The molecule has 0 spiro atoms. The van der Waals surface area contributed by atoms with Crippen LogP contribution in [0, 0.1) is 0 Å². The van der Waals surface area contributed by atoms with Gasteiger partial charge in [0.25, 0.3) is 0 Å². The zero-order valence-electron chi connectivity index (χ0n) is 15.4. The minimum Gasteiger partial charge on any atom is -0.339 e. The smallest absolute Gasteiger partial charge is 0.245 e. The van der Waals surface area contributed by atoms with E-state index in [1.165, 1.54) is 22.1 Å². The molecule has 1 aromatic heterocycles. The fourth-order valence-corrected chi connectivity index (χ4v) is 9.20. The van der Waals surface area contributed by atoms with Gasteiger partial charge in [-0.2, -0.15) is 13.1 Å². The second kappa shape index (κ2) is 8.10. The van der Waals surface area contributed by atoms with E-state index in [9.17, 15) is 21.6 Å². The Balaban J connectivity index is 1.35. The largest absolute Gasteiger partial charge is 0.339 e. The average Bonchev–Trinajstić information content (AvgIpc) is 3.31. The lowest BCUT2D eigenvalue weighted by atomic mass is 10.3.